The smallest absolute Gasteiger partial charge is 0.214 e. The molecule has 0 bridgehead atoms. The van der Waals surface area contributed by atoms with Crippen LogP contribution in [-0.4, -0.2) is 26.9 Å². The van der Waals surface area contributed by atoms with E-state index in [9.17, 15) is 8.42 Å². The molecule has 0 aliphatic heterocycles. The highest BCUT2D eigenvalue weighted by Gasteiger charge is 2.22. The lowest BCUT2D eigenvalue weighted by Gasteiger charge is -2.23. The quantitative estimate of drug-likeness (QED) is 0.757. The second kappa shape index (κ2) is 8.65. The Kier molecular flexibility index (Phi) is 7.53. The van der Waals surface area contributed by atoms with E-state index >= 15 is 0 Å². The van der Waals surface area contributed by atoms with Gasteiger partial charge in [0.2, 0.25) is 10.0 Å². The van der Waals surface area contributed by atoms with Crippen LogP contribution in [0.5, 0.6) is 0 Å². The summed E-state index contributed by atoms with van der Waals surface area (Å²) >= 11 is 0. The summed E-state index contributed by atoms with van der Waals surface area (Å²) in [5, 5.41) is 0. The summed E-state index contributed by atoms with van der Waals surface area (Å²) in [7, 11) is -3.36. The van der Waals surface area contributed by atoms with Gasteiger partial charge in [0.15, 0.2) is 0 Å². The lowest BCUT2D eigenvalue weighted by Crippen LogP contribution is -2.35. The molecule has 0 saturated carbocycles. The van der Waals surface area contributed by atoms with E-state index in [4.69, 9.17) is 4.74 Å². The Bertz CT molecular complexity index is 536. The normalized spacial score (nSPS) is 13.8. The number of nitrogens with one attached hydrogen (secondary N) is 1. The van der Waals surface area contributed by atoms with E-state index < -0.39 is 10.0 Å². The van der Waals surface area contributed by atoms with Crippen molar-refractivity contribution in [2.45, 2.75) is 53.2 Å². The minimum atomic E-state index is -3.36. The van der Waals surface area contributed by atoms with Crippen LogP contribution in [0.15, 0.2) is 24.3 Å². The standard InChI is InChI=1S/C17H29NO3S/c1-6-15-7-9-16(10-8-15)17(13(2)3)18-22(19,20)12-11-21-14(4)5/h7-10,13-14,17-18H,6,11-12H2,1-5H3. The maximum absolute atomic E-state index is 12.2. The predicted octanol–water partition coefficient (Wildman–Crippen LogP) is 3.29. The Morgan fingerprint density at radius 3 is 2.14 bits per heavy atom. The number of hydrogen-bond donors (Lipinski definition) is 1. The molecule has 0 saturated heterocycles. The van der Waals surface area contributed by atoms with Crippen LogP contribution in [0, 0.1) is 5.92 Å². The SMILES string of the molecule is CCc1ccc(C(NS(=O)(=O)CCOC(C)C)C(C)C)cc1. The average Bonchev–Trinajstić information content (AvgIpc) is 2.44. The maximum atomic E-state index is 12.2. The number of benzene rings is 1. The van der Waals surface area contributed by atoms with E-state index in [1.54, 1.807) is 0 Å². The molecule has 0 aliphatic carbocycles. The highest BCUT2D eigenvalue weighted by molar-refractivity contribution is 7.89. The second-order valence-electron chi connectivity index (χ2n) is 6.17. The summed E-state index contributed by atoms with van der Waals surface area (Å²) in [6, 6.07) is 7.92. The molecule has 0 fully saturated rings. The van der Waals surface area contributed by atoms with Crippen molar-refractivity contribution in [2.24, 2.45) is 5.92 Å². The van der Waals surface area contributed by atoms with Crippen molar-refractivity contribution in [1.29, 1.82) is 0 Å². The van der Waals surface area contributed by atoms with Crippen molar-refractivity contribution < 1.29 is 13.2 Å². The third-order valence-corrected chi connectivity index (χ3v) is 4.84. The zero-order valence-corrected chi connectivity index (χ0v) is 15.1. The number of rotatable bonds is 9. The van der Waals surface area contributed by atoms with Gasteiger partial charge in [-0.25, -0.2) is 13.1 Å². The lowest BCUT2D eigenvalue weighted by atomic mass is 9.96. The van der Waals surface area contributed by atoms with Crippen molar-refractivity contribution in [2.75, 3.05) is 12.4 Å². The molecular formula is C17H29NO3S. The summed E-state index contributed by atoms with van der Waals surface area (Å²) in [6.45, 7) is 10.1. The molecule has 0 aromatic heterocycles. The van der Waals surface area contributed by atoms with Crippen LogP contribution in [0.3, 0.4) is 0 Å². The first kappa shape index (κ1) is 19.1. The molecule has 1 N–H and O–H groups in total. The number of hydrogen-bond acceptors (Lipinski definition) is 3. The van der Waals surface area contributed by atoms with Gasteiger partial charge in [-0.2, -0.15) is 0 Å². The summed E-state index contributed by atoms with van der Waals surface area (Å²) < 4.78 is 32.6. The fourth-order valence-corrected chi connectivity index (χ4v) is 3.42. The Hall–Kier alpha value is -0.910. The van der Waals surface area contributed by atoms with E-state index in [1.165, 1.54) is 5.56 Å². The van der Waals surface area contributed by atoms with Crippen LogP contribution >= 0.6 is 0 Å². The Balaban J connectivity index is 2.78. The summed E-state index contributed by atoms with van der Waals surface area (Å²) in [6.07, 6.45) is 1.02. The van der Waals surface area contributed by atoms with Crippen LogP contribution in [0.1, 0.15) is 51.8 Å². The fourth-order valence-electron chi connectivity index (χ4n) is 2.20. The molecule has 0 radical (unpaired) electrons. The largest absolute Gasteiger partial charge is 0.378 e. The van der Waals surface area contributed by atoms with E-state index in [-0.39, 0.29) is 30.4 Å². The molecule has 1 aromatic carbocycles. The molecular weight excluding hydrogens is 298 g/mol. The zero-order chi connectivity index (χ0) is 16.8. The highest BCUT2D eigenvalue weighted by atomic mass is 32.2. The highest BCUT2D eigenvalue weighted by Crippen LogP contribution is 2.23. The average molecular weight is 327 g/mol. The molecule has 1 atom stereocenters. The van der Waals surface area contributed by atoms with Crippen LogP contribution in [0.25, 0.3) is 0 Å². The predicted molar refractivity (Wildman–Crippen MR) is 91.4 cm³/mol. The first-order valence-corrected chi connectivity index (χ1v) is 9.60. The molecule has 22 heavy (non-hydrogen) atoms. The van der Waals surface area contributed by atoms with Gasteiger partial charge in [-0.3, -0.25) is 0 Å². The Morgan fingerprint density at radius 2 is 1.68 bits per heavy atom. The van der Waals surface area contributed by atoms with Gasteiger partial charge in [0.25, 0.3) is 0 Å². The van der Waals surface area contributed by atoms with Crippen LogP contribution in [0.4, 0.5) is 0 Å². The Morgan fingerprint density at radius 1 is 1.09 bits per heavy atom. The van der Waals surface area contributed by atoms with Gasteiger partial charge in [0, 0.05) is 6.04 Å². The molecule has 0 aliphatic rings. The third-order valence-electron chi connectivity index (χ3n) is 3.52. The van der Waals surface area contributed by atoms with Crippen LogP contribution in [-0.2, 0) is 21.2 Å². The third kappa shape index (κ3) is 6.46. The fraction of sp³-hybridized carbons (Fsp3) is 0.647. The van der Waals surface area contributed by atoms with Gasteiger partial charge in [0.1, 0.15) is 0 Å². The van der Waals surface area contributed by atoms with Crippen molar-refractivity contribution in [1.82, 2.24) is 4.72 Å². The first-order chi connectivity index (χ1) is 10.2. The van der Waals surface area contributed by atoms with Crippen molar-refractivity contribution in [3.63, 3.8) is 0 Å². The van der Waals surface area contributed by atoms with E-state index in [1.807, 2.05) is 39.8 Å². The zero-order valence-electron chi connectivity index (χ0n) is 14.3. The topological polar surface area (TPSA) is 55.4 Å². The van der Waals surface area contributed by atoms with Crippen molar-refractivity contribution in [3.8, 4) is 0 Å². The minimum absolute atomic E-state index is 0.0125. The van der Waals surface area contributed by atoms with Gasteiger partial charge >= 0.3 is 0 Å². The van der Waals surface area contributed by atoms with Gasteiger partial charge in [0.05, 0.1) is 18.5 Å². The van der Waals surface area contributed by atoms with Crippen molar-refractivity contribution >= 4 is 10.0 Å². The van der Waals surface area contributed by atoms with Gasteiger partial charge in [-0.05, 0) is 37.3 Å². The summed E-state index contributed by atoms with van der Waals surface area (Å²) in [5.74, 6) is 0.162. The van der Waals surface area contributed by atoms with Crippen LogP contribution in [0.2, 0.25) is 0 Å². The molecule has 5 heteroatoms. The number of sulfonamides is 1. The minimum Gasteiger partial charge on any atom is -0.378 e. The van der Waals surface area contributed by atoms with Crippen molar-refractivity contribution in [3.05, 3.63) is 35.4 Å². The molecule has 1 unspecified atom stereocenters. The maximum Gasteiger partial charge on any atom is 0.214 e. The number of ether oxygens (including phenoxy) is 1. The molecule has 0 spiro atoms. The molecule has 4 nitrogen and oxygen atoms in total. The number of aryl methyl sites for hydroxylation is 1. The van der Waals surface area contributed by atoms with E-state index in [2.05, 4.69) is 23.8 Å². The molecule has 1 rings (SSSR count). The Labute approximate surface area is 135 Å². The van der Waals surface area contributed by atoms with E-state index in [0.717, 1.165) is 12.0 Å². The first-order valence-electron chi connectivity index (χ1n) is 7.95. The van der Waals surface area contributed by atoms with E-state index in [0.29, 0.717) is 0 Å². The summed E-state index contributed by atoms with van der Waals surface area (Å²) in [4.78, 5) is 0. The molecule has 0 amide bonds. The van der Waals surface area contributed by atoms with Gasteiger partial charge in [-0.1, -0.05) is 45.0 Å². The van der Waals surface area contributed by atoms with Gasteiger partial charge < -0.3 is 4.74 Å². The monoisotopic (exact) mass is 327 g/mol. The molecule has 1 aromatic rings. The molecule has 126 valence electrons. The lowest BCUT2D eigenvalue weighted by molar-refractivity contribution is 0.0911. The summed E-state index contributed by atoms with van der Waals surface area (Å²) in [5.41, 5.74) is 2.25. The van der Waals surface area contributed by atoms with Gasteiger partial charge in [-0.15, -0.1) is 0 Å². The van der Waals surface area contributed by atoms with Crippen LogP contribution < -0.4 is 4.72 Å². The second-order valence-corrected chi connectivity index (χ2v) is 8.05. The molecule has 0 heterocycles.